The summed E-state index contributed by atoms with van der Waals surface area (Å²) in [6, 6.07) is 18.4. The summed E-state index contributed by atoms with van der Waals surface area (Å²) < 4.78 is 41.3. The first-order valence-corrected chi connectivity index (χ1v) is 19.8. The van der Waals surface area contributed by atoms with E-state index in [1.165, 1.54) is 59.3 Å². The number of aliphatic hydroxyl groups excluding tert-OH is 2. The molecule has 0 aliphatic heterocycles. The van der Waals surface area contributed by atoms with E-state index >= 15 is 0 Å². The molecule has 4 aromatic rings. The Balaban J connectivity index is 1.14. The Morgan fingerprint density at radius 2 is 1.54 bits per heavy atom. The number of ether oxygens (including phenoxy) is 2. The van der Waals surface area contributed by atoms with Crippen LogP contribution >= 0.6 is 0 Å². The van der Waals surface area contributed by atoms with E-state index in [2.05, 4.69) is 36.7 Å². The maximum atomic E-state index is 13.2. The summed E-state index contributed by atoms with van der Waals surface area (Å²) in [7, 11) is -4.10. The van der Waals surface area contributed by atoms with Crippen molar-refractivity contribution in [2.75, 3.05) is 81.3 Å². The molecule has 2 heterocycles. The van der Waals surface area contributed by atoms with Gasteiger partial charge < -0.3 is 35.2 Å². The minimum atomic E-state index is -4.10. The number of carbonyl (C=O) groups is 4. The molecule has 0 bridgehead atoms. The number of hydrogen-bond donors (Lipinski definition) is 8. The molecule has 0 saturated heterocycles. The molecule has 0 fully saturated rings. The van der Waals surface area contributed by atoms with Gasteiger partial charge in [-0.1, -0.05) is 12.1 Å². The van der Waals surface area contributed by atoms with Gasteiger partial charge in [0.2, 0.25) is 6.54 Å². The van der Waals surface area contributed by atoms with Gasteiger partial charge in [-0.25, -0.2) is 8.42 Å². The number of anilines is 3. The third kappa shape index (κ3) is 16.4. The number of nitrogens with one attached hydrogen (secondary N) is 6. The number of amides is 4. The molecule has 4 amide bonds. The summed E-state index contributed by atoms with van der Waals surface area (Å²) in [6.07, 6.45) is 6.56. The van der Waals surface area contributed by atoms with Crippen LogP contribution in [-0.4, -0.2) is 118 Å². The zero-order valence-corrected chi connectivity index (χ0v) is 32.9. The Kier molecular flexibility index (Phi) is 19.1. The van der Waals surface area contributed by atoms with Crippen molar-refractivity contribution >= 4 is 50.7 Å². The third-order valence-electron chi connectivity index (χ3n) is 7.87. The van der Waals surface area contributed by atoms with E-state index in [4.69, 9.17) is 24.5 Å². The highest BCUT2D eigenvalue weighted by Gasteiger charge is 2.21. The van der Waals surface area contributed by atoms with E-state index in [1.807, 2.05) is 12.1 Å². The molecule has 2 aromatic heterocycles. The van der Waals surface area contributed by atoms with Crippen molar-refractivity contribution in [3.8, 4) is 0 Å². The van der Waals surface area contributed by atoms with Crippen LogP contribution in [0.1, 0.15) is 15.9 Å². The third-order valence-corrected chi connectivity index (χ3v) is 9.25. The van der Waals surface area contributed by atoms with E-state index in [0.29, 0.717) is 44.2 Å². The second kappa shape index (κ2) is 24.6. The minimum Gasteiger partial charge on any atom is -0.395 e. The number of rotatable bonds is 25. The molecular formula is C38H48N9O11S+. The molecule has 0 spiro atoms. The zero-order chi connectivity index (χ0) is 42.3. The van der Waals surface area contributed by atoms with Crippen molar-refractivity contribution in [2.45, 2.75) is 18.0 Å². The number of carbonyl (C=O) groups excluding carboxylic acids is 4. The van der Waals surface area contributed by atoms with Crippen molar-refractivity contribution in [2.24, 2.45) is 0 Å². The van der Waals surface area contributed by atoms with E-state index in [0.717, 1.165) is 10.5 Å². The van der Waals surface area contributed by atoms with Gasteiger partial charge >= 0.3 is 11.8 Å². The fraction of sp³-hybridized carbons (Fsp3) is 0.316. The average molecular weight is 839 g/mol. The molecule has 0 atom stereocenters. The highest BCUT2D eigenvalue weighted by atomic mass is 32.2. The minimum absolute atomic E-state index is 0.128. The molecule has 21 heteroatoms. The number of hydrazine groups is 1. The summed E-state index contributed by atoms with van der Waals surface area (Å²) in [5.74, 6) is -2.81. The van der Waals surface area contributed by atoms with Gasteiger partial charge in [0.15, 0.2) is 12.4 Å². The number of sulfonamides is 1. The van der Waals surface area contributed by atoms with Gasteiger partial charge in [-0.2, -0.15) is 10.0 Å². The van der Waals surface area contributed by atoms with Crippen LogP contribution in [0, 0.1) is 0 Å². The standard InChI is InChI=1S/C38H47N9O11S/c48-18-16-47(17-19-49)38(53)37(52)44-43-31-8-10-32(11-9-31)45-59(54,55)34-7-1-6-33(24-34)42-35(50)27-46-15-3-5-30(26-46)36(51)40-13-20-56-22-23-57-21-14-41-58-28-29-4-2-12-39-25-29/h1-12,15,24-26,41,48-49H,13-14,16-23,27-28H2,(H4-,40,42,43,44,45,50,51,52,53)/p+1. The molecular weight excluding hydrogens is 791 g/mol. The second-order valence-electron chi connectivity index (χ2n) is 12.4. The molecule has 4 rings (SSSR count). The SMILES string of the molecule is O=C(C[n+]1cccc(C(=O)NCCOCCOCCNOCc2cccnc2)c1)Nc1cccc(S(=O)(=O)Nc2ccc(NNC(=O)C(=O)N(CCO)CCO)cc2)c1. The topological polar surface area (TPSA) is 263 Å². The number of aromatic nitrogens is 2. The predicted molar refractivity (Wildman–Crippen MR) is 212 cm³/mol. The highest BCUT2D eigenvalue weighted by molar-refractivity contribution is 7.92. The van der Waals surface area contributed by atoms with Crippen molar-refractivity contribution in [1.82, 2.24) is 26.1 Å². The van der Waals surface area contributed by atoms with Crippen LogP contribution in [0.2, 0.25) is 0 Å². The molecule has 20 nitrogen and oxygen atoms in total. The number of hydroxylamine groups is 1. The quantitative estimate of drug-likeness (QED) is 0.0182. The Labute approximate surface area is 340 Å². The lowest BCUT2D eigenvalue weighted by atomic mass is 10.2. The summed E-state index contributed by atoms with van der Waals surface area (Å²) in [6.45, 7) is 1.40. The van der Waals surface area contributed by atoms with Crippen molar-refractivity contribution in [3.05, 3.63) is 109 Å². The molecule has 316 valence electrons. The van der Waals surface area contributed by atoms with E-state index < -0.39 is 27.7 Å². The lowest BCUT2D eigenvalue weighted by Gasteiger charge is -2.20. The number of nitrogens with zero attached hydrogens (tertiary/aromatic N) is 3. The molecule has 0 aliphatic carbocycles. The molecule has 0 aliphatic rings. The largest absolute Gasteiger partial charge is 0.395 e. The van der Waals surface area contributed by atoms with Crippen molar-refractivity contribution in [3.63, 3.8) is 0 Å². The average Bonchev–Trinajstić information content (AvgIpc) is 3.23. The van der Waals surface area contributed by atoms with Crippen LogP contribution in [0.5, 0.6) is 0 Å². The molecule has 0 unspecified atom stereocenters. The molecule has 8 N–H and O–H groups in total. The van der Waals surface area contributed by atoms with E-state index in [-0.39, 0.29) is 68.2 Å². The number of hydrogen-bond acceptors (Lipinski definition) is 14. The van der Waals surface area contributed by atoms with Gasteiger partial charge in [0, 0.05) is 56.0 Å². The maximum absolute atomic E-state index is 13.2. The van der Waals surface area contributed by atoms with Crippen LogP contribution < -0.4 is 36.3 Å². The summed E-state index contributed by atoms with van der Waals surface area (Å²) in [4.78, 5) is 60.2. The number of pyridine rings is 2. The zero-order valence-electron chi connectivity index (χ0n) is 32.0. The Morgan fingerprint density at radius 3 is 2.25 bits per heavy atom. The first kappa shape index (κ1) is 45.6. The number of aliphatic hydroxyl groups is 2. The van der Waals surface area contributed by atoms with E-state index in [1.54, 1.807) is 30.7 Å². The second-order valence-corrected chi connectivity index (χ2v) is 14.0. The van der Waals surface area contributed by atoms with Crippen LogP contribution in [0.25, 0.3) is 0 Å². The van der Waals surface area contributed by atoms with E-state index in [9.17, 15) is 27.6 Å². The van der Waals surface area contributed by atoms with Crippen LogP contribution in [0.3, 0.4) is 0 Å². The predicted octanol–water partition coefficient (Wildman–Crippen LogP) is -0.451. The Morgan fingerprint density at radius 1 is 0.814 bits per heavy atom. The van der Waals surface area contributed by atoms with Gasteiger partial charge in [0.25, 0.3) is 21.8 Å². The van der Waals surface area contributed by atoms with Gasteiger partial charge in [0.1, 0.15) is 5.56 Å². The van der Waals surface area contributed by atoms with Crippen LogP contribution in [-0.2, 0) is 51.9 Å². The Hall–Kier alpha value is -6.07. The summed E-state index contributed by atoms with van der Waals surface area (Å²) in [5, 5.41) is 23.6. The molecule has 0 saturated carbocycles. The Bertz CT molecular complexity index is 2060. The molecule has 59 heavy (non-hydrogen) atoms. The first-order valence-electron chi connectivity index (χ1n) is 18.3. The first-order chi connectivity index (χ1) is 28.6. The normalized spacial score (nSPS) is 11.0. The van der Waals surface area contributed by atoms with Gasteiger partial charge in [-0.05, 0) is 60.2 Å². The van der Waals surface area contributed by atoms with Crippen molar-refractivity contribution < 1.29 is 56.7 Å². The fourth-order valence-corrected chi connectivity index (χ4v) is 6.15. The lowest BCUT2D eigenvalue weighted by molar-refractivity contribution is -0.684. The molecule has 0 radical (unpaired) electrons. The maximum Gasteiger partial charge on any atom is 0.327 e. The van der Waals surface area contributed by atoms with Gasteiger partial charge in [-0.15, -0.1) is 0 Å². The van der Waals surface area contributed by atoms with Gasteiger partial charge in [-0.3, -0.25) is 44.6 Å². The fourth-order valence-electron chi connectivity index (χ4n) is 5.04. The van der Waals surface area contributed by atoms with Crippen molar-refractivity contribution in [1.29, 1.82) is 0 Å². The van der Waals surface area contributed by atoms with Crippen LogP contribution in [0.15, 0.2) is 102 Å². The molecule has 2 aromatic carbocycles. The van der Waals surface area contributed by atoms with Gasteiger partial charge in [0.05, 0.1) is 56.8 Å². The summed E-state index contributed by atoms with van der Waals surface area (Å²) >= 11 is 0. The lowest BCUT2D eigenvalue weighted by Crippen LogP contribution is -2.46. The smallest absolute Gasteiger partial charge is 0.327 e. The highest BCUT2D eigenvalue weighted by Crippen LogP contribution is 2.21. The number of benzene rings is 2. The monoisotopic (exact) mass is 838 g/mol. The summed E-state index contributed by atoms with van der Waals surface area (Å²) in [5.41, 5.74) is 9.58. The van der Waals surface area contributed by atoms with Crippen LogP contribution in [0.4, 0.5) is 17.1 Å².